The van der Waals surface area contributed by atoms with Gasteiger partial charge in [0.15, 0.2) is 0 Å². The van der Waals surface area contributed by atoms with Gasteiger partial charge in [-0.1, -0.05) is 30.3 Å². The van der Waals surface area contributed by atoms with Gasteiger partial charge in [-0.25, -0.2) is 4.79 Å². The summed E-state index contributed by atoms with van der Waals surface area (Å²) < 4.78 is 5.18. The summed E-state index contributed by atoms with van der Waals surface area (Å²) in [5.41, 5.74) is 0.315. The average molecular weight is 318 g/mol. The molecule has 1 aromatic carbocycles. The van der Waals surface area contributed by atoms with Gasteiger partial charge in [0.05, 0.1) is 6.04 Å². The first-order valence-electron chi connectivity index (χ1n) is 7.57. The Hall–Kier alpha value is -2.37. The number of rotatable bonds is 4. The van der Waals surface area contributed by atoms with Crippen LogP contribution in [-0.2, 0) is 20.9 Å². The summed E-state index contributed by atoms with van der Waals surface area (Å²) in [7, 11) is 0. The summed E-state index contributed by atoms with van der Waals surface area (Å²) in [6.07, 6.45) is -0.600. The Morgan fingerprint density at radius 1 is 1.26 bits per heavy atom. The molecule has 2 amide bonds. The highest BCUT2D eigenvalue weighted by Crippen LogP contribution is 2.22. The molecule has 0 aliphatic carbocycles. The molecule has 2 rings (SSSR count). The molecule has 124 valence electrons. The number of β-lactam (4-membered cyclic amide) rings is 1. The van der Waals surface area contributed by atoms with Crippen LogP contribution >= 0.6 is 0 Å². The van der Waals surface area contributed by atoms with Crippen LogP contribution < -0.4 is 5.32 Å². The van der Waals surface area contributed by atoms with Crippen LogP contribution in [0.4, 0.5) is 4.79 Å². The Morgan fingerprint density at radius 2 is 1.87 bits per heavy atom. The number of carbonyl (C=O) groups excluding carboxylic acids is 3. The number of hydrogen-bond donors (Lipinski definition) is 1. The number of benzene rings is 1. The molecule has 1 aromatic rings. The third-order valence-electron chi connectivity index (χ3n) is 3.49. The molecule has 1 fully saturated rings. The zero-order valence-corrected chi connectivity index (χ0v) is 13.8. The first-order chi connectivity index (χ1) is 10.7. The second-order valence-corrected chi connectivity index (χ2v) is 6.66. The van der Waals surface area contributed by atoms with Gasteiger partial charge in [0.1, 0.15) is 11.6 Å². The first-order valence-corrected chi connectivity index (χ1v) is 7.57. The molecular weight excluding hydrogens is 296 g/mol. The zero-order valence-electron chi connectivity index (χ0n) is 13.8. The molecule has 0 aromatic heterocycles. The van der Waals surface area contributed by atoms with E-state index in [1.807, 2.05) is 30.3 Å². The molecule has 6 heteroatoms. The summed E-state index contributed by atoms with van der Waals surface area (Å²) in [4.78, 5) is 37.0. The van der Waals surface area contributed by atoms with Crippen LogP contribution in [0.25, 0.3) is 0 Å². The van der Waals surface area contributed by atoms with Crippen molar-refractivity contribution >= 4 is 17.8 Å². The molecule has 1 saturated heterocycles. The summed E-state index contributed by atoms with van der Waals surface area (Å²) in [6.45, 7) is 7.32. The minimum atomic E-state index is -0.657. The van der Waals surface area contributed by atoms with Crippen LogP contribution in [0.15, 0.2) is 30.3 Å². The number of Topliss-reactive ketones (excluding diaryl/α,β-unsaturated/α-hetero) is 1. The van der Waals surface area contributed by atoms with Crippen molar-refractivity contribution in [3.8, 4) is 0 Å². The van der Waals surface area contributed by atoms with Crippen LogP contribution in [0.1, 0.15) is 33.3 Å². The normalized spacial score (nSPS) is 19.1. The van der Waals surface area contributed by atoms with Crippen molar-refractivity contribution in [1.82, 2.24) is 10.2 Å². The fourth-order valence-electron chi connectivity index (χ4n) is 2.49. The van der Waals surface area contributed by atoms with E-state index in [-0.39, 0.29) is 0 Å². The molecule has 0 unspecified atom stereocenters. The van der Waals surface area contributed by atoms with Crippen LogP contribution in [-0.4, -0.2) is 40.4 Å². The van der Waals surface area contributed by atoms with Crippen molar-refractivity contribution < 1.29 is 19.1 Å². The Kier molecular flexibility index (Phi) is 4.73. The lowest BCUT2D eigenvalue weighted by molar-refractivity contribution is -0.162. The van der Waals surface area contributed by atoms with Crippen molar-refractivity contribution in [3.63, 3.8) is 0 Å². The number of nitrogens with one attached hydrogen (secondary N) is 1. The second-order valence-electron chi connectivity index (χ2n) is 6.66. The van der Waals surface area contributed by atoms with E-state index in [1.54, 1.807) is 27.7 Å². The lowest BCUT2D eigenvalue weighted by Crippen LogP contribution is -2.68. The molecule has 0 saturated carbocycles. The zero-order chi connectivity index (χ0) is 17.2. The number of amides is 2. The van der Waals surface area contributed by atoms with Crippen molar-refractivity contribution in [2.24, 2.45) is 0 Å². The smallest absolute Gasteiger partial charge is 0.407 e. The van der Waals surface area contributed by atoms with Crippen molar-refractivity contribution in [2.75, 3.05) is 0 Å². The van der Waals surface area contributed by atoms with Gasteiger partial charge in [-0.05, 0) is 33.3 Å². The molecule has 1 aliphatic heterocycles. The quantitative estimate of drug-likeness (QED) is 0.679. The van der Waals surface area contributed by atoms with Gasteiger partial charge in [-0.15, -0.1) is 0 Å². The van der Waals surface area contributed by atoms with E-state index >= 15 is 0 Å². The molecule has 1 heterocycles. The predicted octanol–water partition coefficient (Wildman–Crippen LogP) is 1.88. The maximum Gasteiger partial charge on any atom is 0.407 e. The highest BCUT2D eigenvalue weighted by molar-refractivity contribution is 6.44. The van der Waals surface area contributed by atoms with Gasteiger partial charge in [-0.2, -0.15) is 0 Å². The van der Waals surface area contributed by atoms with Crippen LogP contribution in [0.3, 0.4) is 0 Å². The van der Waals surface area contributed by atoms with E-state index < -0.39 is 35.5 Å². The highest BCUT2D eigenvalue weighted by atomic mass is 16.6. The fourth-order valence-corrected chi connectivity index (χ4v) is 2.49. The minimum Gasteiger partial charge on any atom is -0.444 e. The molecule has 1 N–H and O–H groups in total. The molecular formula is C17H22N2O4. The first kappa shape index (κ1) is 17.0. The van der Waals surface area contributed by atoms with Gasteiger partial charge in [0.25, 0.3) is 5.91 Å². The van der Waals surface area contributed by atoms with E-state index in [0.717, 1.165) is 5.56 Å². The number of hydrogen-bond acceptors (Lipinski definition) is 4. The Balaban J connectivity index is 2.00. The summed E-state index contributed by atoms with van der Waals surface area (Å²) in [5.74, 6) is -0.999. The lowest BCUT2D eigenvalue weighted by atomic mass is 9.92. The fraction of sp³-hybridized carbons (Fsp3) is 0.471. The monoisotopic (exact) mass is 318 g/mol. The van der Waals surface area contributed by atoms with Gasteiger partial charge in [0.2, 0.25) is 5.78 Å². The number of carbonyl (C=O) groups is 3. The van der Waals surface area contributed by atoms with E-state index in [4.69, 9.17) is 4.74 Å². The molecule has 0 spiro atoms. The van der Waals surface area contributed by atoms with Gasteiger partial charge in [0, 0.05) is 6.54 Å². The molecule has 0 radical (unpaired) electrons. The predicted molar refractivity (Wildman–Crippen MR) is 84.6 cm³/mol. The number of ether oxygens (including phenoxy) is 1. The maximum absolute atomic E-state index is 11.9. The van der Waals surface area contributed by atoms with Crippen LogP contribution in [0.5, 0.6) is 0 Å². The summed E-state index contributed by atoms with van der Waals surface area (Å²) in [5, 5.41) is 2.63. The Bertz CT molecular complexity index is 607. The number of ketones is 1. The van der Waals surface area contributed by atoms with Gasteiger partial charge < -0.3 is 15.0 Å². The number of alkyl carbamates (subject to hydrolysis) is 1. The molecule has 2 atom stereocenters. The number of likely N-dealkylation sites (tertiary alicyclic amines) is 1. The van der Waals surface area contributed by atoms with E-state index in [0.29, 0.717) is 6.54 Å². The SMILES string of the molecule is C[C@H](NC(=O)OC(C)(C)C)[C@@H]1C(=O)C(=O)N1Cc1ccccc1. The van der Waals surface area contributed by atoms with Crippen LogP contribution in [0.2, 0.25) is 0 Å². The third-order valence-corrected chi connectivity index (χ3v) is 3.49. The van der Waals surface area contributed by atoms with Gasteiger partial charge >= 0.3 is 6.09 Å². The minimum absolute atomic E-state index is 0.344. The molecule has 23 heavy (non-hydrogen) atoms. The van der Waals surface area contributed by atoms with Crippen LogP contribution in [0, 0.1) is 0 Å². The van der Waals surface area contributed by atoms with E-state index in [2.05, 4.69) is 5.32 Å². The average Bonchev–Trinajstić information content (AvgIpc) is 2.45. The summed E-state index contributed by atoms with van der Waals surface area (Å²) in [6, 6.07) is 8.24. The molecule has 6 nitrogen and oxygen atoms in total. The van der Waals surface area contributed by atoms with E-state index in [1.165, 1.54) is 4.90 Å². The Labute approximate surface area is 135 Å². The van der Waals surface area contributed by atoms with Crippen molar-refractivity contribution in [2.45, 2.75) is 51.9 Å². The Morgan fingerprint density at radius 3 is 2.43 bits per heavy atom. The number of nitrogens with zero attached hydrogens (tertiary/aromatic N) is 1. The third kappa shape index (κ3) is 4.09. The standard InChI is InChI=1S/C17H22N2O4/c1-11(18-16(22)23-17(2,3)4)13-14(20)15(21)19(13)10-12-8-6-5-7-9-12/h5-9,11,13H,10H2,1-4H3,(H,18,22)/t11-,13+/m0/s1. The summed E-state index contributed by atoms with van der Waals surface area (Å²) >= 11 is 0. The lowest BCUT2D eigenvalue weighted by Gasteiger charge is -2.42. The van der Waals surface area contributed by atoms with Gasteiger partial charge in [-0.3, -0.25) is 9.59 Å². The molecule has 1 aliphatic rings. The maximum atomic E-state index is 11.9. The molecule has 0 bridgehead atoms. The topological polar surface area (TPSA) is 75.7 Å². The van der Waals surface area contributed by atoms with Crippen molar-refractivity contribution in [3.05, 3.63) is 35.9 Å². The highest BCUT2D eigenvalue weighted by Gasteiger charge is 2.49. The largest absolute Gasteiger partial charge is 0.444 e. The van der Waals surface area contributed by atoms with E-state index in [9.17, 15) is 14.4 Å². The van der Waals surface area contributed by atoms with Crippen molar-refractivity contribution in [1.29, 1.82) is 0 Å². The second kappa shape index (κ2) is 6.40.